The van der Waals surface area contributed by atoms with Crippen LogP contribution in [0, 0.1) is 0 Å². The first-order valence-electron chi connectivity index (χ1n) is 6.87. The monoisotopic (exact) mass is 360 g/mol. The van der Waals surface area contributed by atoms with Crippen molar-refractivity contribution in [3.8, 4) is 0 Å². The summed E-state index contributed by atoms with van der Waals surface area (Å²) in [5.74, 6) is -1.56. The van der Waals surface area contributed by atoms with Crippen molar-refractivity contribution >= 4 is 8.15 Å². The van der Waals surface area contributed by atoms with Gasteiger partial charge in [0.15, 0.2) is 6.29 Å². The fraction of sp³-hybridized carbons (Fsp3) is 1.00. The number of aliphatic hydroxyl groups excluding tert-OH is 7. The minimum Gasteiger partial charge on any atom is -0.394 e. The van der Waals surface area contributed by atoms with Gasteiger partial charge >= 0.3 is 0 Å². The minimum absolute atomic E-state index is 0.451. The lowest BCUT2D eigenvalue weighted by Crippen LogP contribution is -2.59. The molecule has 2 saturated heterocycles. The molecule has 0 amide bonds. The van der Waals surface area contributed by atoms with Crippen LogP contribution in [0.5, 0.6) is 0 Å². The third kappa shape index (κ3) is 3.98. The molecule has 136 valence electrons. The number of hydrogen-bond donors (Lipinski definition) is 8. The van der Waals surface area contributed by atoms with E-state index in [1.54, 1.807) is 0 Å². The van der Waals surface area contributed by atoms with Gasteiger partial charge in [-0.1, -0.05) is 0 Å². The highest BCUT2D eigenvalue weighted by Crippen LogP contribution is 2.48. The summed E-state index contributed by atoms with van der Waals surface area (Å²) in [4.78, 5) is 9.84. The maximum atomic E-state index is 9.84. The molecule has 12 heteroatoms. The molecular formula is C11H21O11P. The van der Waals surface area contributed by atoms with Gasteiger partial charge in [-0.3, -0.25) is 0 Å². The van der Waals surface area contributed by atoms with E-state index in [-0.39, 0.29) is 0 Å². The highest BCUT2D eigenvalue weighted by Gasteiger charge is 2.47. The number of rotatable bonds is 4. The van der Waals surface area contributed by atoms with Gasteiger partial charge in [-0.05, 0) is 0 Å². The molecule has 0 spiro atoms. The predicted molar refractivity (Wildman–Crippen MR) is 71.8 cm³/mol. The van der Waals surface area contributed by atoms with Crippen molar-refractivity contribution in [3.63, 3.8) is 0 Å². The standard InChI is InChI=1S/C11H21O11P/c12-1-3-6(14)10(18)23(19)11(22-3)20-2-4-5(13)7(15)8(16)9(17)21-4/h3-19H,1-2H2. The van der Waals surface area contributed by atoms with Crippen LogP contribution in [0.15, 0.2) is 0 Å². The summed E-state index contributed by atoms with van der Waals surface area (Å²) in [7, 11) is -2.32. The Labute approximate surface area is 132 Å². The second-order valence-corrected chi connectivity index (χ2v) is 7.03. The average molecular weight is 360 g/mol. The lowest BCUT2D eigenvalue weighted by molar-refractivity contribution is -0.295. The normalized spacial score (nSPS) is 51.7. The second-order valence-electron chi connectivity index (χ2n) is 5.32. The van der Waals surface area contributed by atoms with Gasteiger partial charge in [-0.2, -0.15) is 0 Å². The Kier molecular flexibility index (Phi) is 6.65. The molecule has 10 atom stereocenters. The van der Waals surface area contributed by atoms with Crippen molar-refractivity contribution in [2.75, 3.05) is 13.2 Å². The Morgan fingerprint density at radius 3 is 2.09 bits per heavy atom. The van der Waals surface area contributed by atoms with E-state index in [1.165, 1.54) is 0 Å². The first kappa shape index (κ1) is 19.3. The fourth-order valence-electron chi connectivity index (χ4n) is 2.28. The van der Waals surface area contributed by atoms with E-state index in [2.05, 4.69) is 0 Å². The van der Waals surface area contributed by atoms with Crippen LogP contribution in [0.1, 0.15) is 0 Å². The molecule has 0 saturated carbocycles. The van der Waals surface area contributed by atoms with Crippen LogP contribution in [0.25, 0.3) is 0 Å². The van der Waals surface area contributed by atoms with Gasteiger partial charge in [0.25, 0.3) is 0 Å². The van der Waals surface area contributed by atoms with Crippen molar-refractivity contribution in [2.45, 2.75) is 54.8 Å². The molecule has 0 aliphatic carbocycles. The van der Waals surface area contributed by atoms with Gasteiger partial charge in [-0.25, -0.2) is 0 Å². The minimum atomic E-state index is -2.32. The zero-order valence-corrected chi connectivity index (χ0v) is 12.8. The molecule has 2 aliphatic heterocycles. The SMILES string of the molecule is OCC1OC(OCC2OC(O)C(O)C(O)C2O)P(O)C(O)C1O. The highest BCUT2D eigenvalue weighted by molar-refractivity contribution is 7.52. The fourth-order valence-corrected chi connectivity index (χ4v) is 3.55. The maximum absolute atomic E-state index is 9.84. The van der Waals surface area contributed by atoms with Gasteiger partial charge in [0.1, 0.15) is 50.6 Å². The summed E-state index contributed by atoms with van der Waals surface area (Å²) < 4.78 is 15.2. The van der Waals surface area contributed by atoms with E-state index in [9.17, 15) is 35.5 Å². The molecule has 10 unspecified atom stereocenters. The lowest BCUT2D eigenvalue weighted by atomic mass is 9.99. The summed E-state index contributed by atoms with van der Waals surface area (Å²) in [6.07, 6.45) is -10.5. The first-order chi connectivity index (χ1) is 10.8. The molecule has 8 N–H and O–H groups in total. The Morgan fingerprint density at radius 1 is 0.826 bits per heavy atom. The molecule has 11 nitrogen and oxygen atoms in total. The summed E-state index contributed by atoms with van der Waals surface area (Å²) in [5, 5.41) is 66.4. The molecule has 0 radical (unpaired) electrons. The lowest BCUT2D eigenvalue weighted by Gasteiger charge is -2.41. The Morgan fingerprint density at radius 2 is 1.48 bits per heavy atom. The first-order valence-corrected chi connectivity index (χ1v) is 8.30. The van der Waals surface area contributed by atoms with Crippen LogP contribution in [0.3, 0.4) is 0 Å². The van der Waals surface area contributed by atoms with Crippen LogP contribution in [0.4, 0.5) is 0 Å². The third-order valence-electron chi connectivity index (χ3n) is 3.73. The van der Waals surface area contributed by atoms with Gasteiger partial charge in [0.05, 0.1) is 13.2 Å². The van der Waals surface area contributed by atoms with Gasteiger partial charge < -0.3 is 54.8 Å². The maximum Gasteiger partial charge on any atom is 0.204 e. The molecule has 0 aromatic rings. The van der Waals surface area contributed by atoms with Crippen LogP contribution in [-0.2, 0) is 14.2 Å². The molecule has 2 heterocycles. The number of aliphatic hydroxyl groups is 7. The molecule has 23 heavy (non-hydrogen) atoms. The molecular weight excluding hydrogens is 339 g/mol. The average Bonchev–Trinajstić information content (AvgIpc) is 2.54. The molecule has 0 aromatic carbocycles. The van der Waals surface area contributed by atoms with Crippen molar-refractivity contribution in [1.82, 2.24) is 0 Å². The zero-order valence-electron chi connectivity index (χ0n) is 11.9. The highest BCUT2D eigenvalue weighted by atomic mass is 31.1. The van der Waals surface area contributed by atoms with Crippen molar-refractivity contribution in [1.29, 1.82) is 0 Å². The molecule has 0 aromatic heterocycles. The topological polar surface area (TPSA) is 190 Å². The number of ether oxygens (including phenoxy) is 3. The van der Waals surface area contributed by atoms with E-state index in [4.69, 9.17) is 19.3 Å². The number of hydrogen-bond acceptors (Lipinski definition) is 11. The van der Waals surface area contributed by atoms with E-state index in [0.29, 0.717) is 0 Å². The van der Waals surface area contributed by atoms with Crippen molar-refractivity contribution in [3.05, 3.63) is 0 Å². The van der Waals surface area contributed by atoms with Crippen LogP contribution >= 0.6 is 8.15 Å². The molecule has 2 aliphatic rings. The third-order valence-corrected chi connectivity index (χ3v) is 5.29. The Bertz CT molecular complexity index is 385. The summed E-state index contributed by atoms with van der Waals surface area (Å²) >= 11 is 0. The van der Waals surface area contributed by atoms with Crippen LogP contribution in [-0.4, -0.2) is 109 Å². The summed E-state index contributed by atoms with van der Waals surface area (Å²) in [6, 6.07) is -1.38. The van der Waals surface area contributed by atoms with Gasteiger partial charge in [0, 0.05) is 0 Å². The van der Waals surface area contributed by atoms with E-state index >= 15 is 0 Å². The summed E-state index contributed by atoms with van der Waals surface area (Å²) in [6.45, 7) is -1.07. The molecule has 0 bridgehead atoms. The quantitative estimate of drug-likeness (QED) is 0.226. The van der Waals surface area contributed by atoms with Crippen LogP contribution in [0.2, 0.25) is 0 Å². The Balaban J connectivity index is 1.94. The predicted octanol–water partition coefficient (Wildman–Crippen LogP) is -4.45. The molecule has 2 fully saturated rings. The smallest absolute Gasteiger partial charge is 0.204 e. The Hall–Kier alpha value is -0.0100. The van der Waals surface area contributed by atoms with Crippen LogP contribution < -0.4 is 0 Å². The molecule has 2 rings (SSSR count). The van der Waals surface area contributed by atoms with Crippen molar-refractivity contribution < 1.29 is 54.8 Å². The van der Waals surface area contributed by atoms with Gasteiger partial charge in [-0.15, -0.1) is 0 Å². The van der Waals surface area contributed by atoms with E-state index < -0.39 is 76.2 Å². The summed E-state index contributed by atoms with van der Waals surface area (Å²) in [5.41, 5.74) is 0. The largest absolute Gasteiger partial charge is 0.394 e. The van der Waals surface area contributed by atoms with E-state index in [0.717, 1.165) is 0 Å². The zero-order chi connectivity index (χ0) is 17.3. The second kappa shape index (κ2) is 7.91. The van der Waals surface area contributed by atoms with E-state index in [1.807, 2.05) is 0 Å². The van der Waals surface area contributed by atoms with Crippen molar-refractivity contribution in [2.24, 2.45) is 0 Å². The van der Waals surface area contributed by atoms with Gasteiger partial charge in [0.2, 0.25) is 6.03 Å².